The van der Waals surface area contributed by atoms with Gasteiger partial charge in [-0.1, -0.05) is 0 Å². The Morgan fingerprint density at radius 1 is 1.56 bits per heavy atom. The van der Waals surface area contributed by atoms with Gasteiger partial charge in [-0.3, -0.25) is 9.44 Å². The van der Waals surface area contributed by atoms with Gasteiger partial charge in [-0.25, -0.2) is 4.79 Å². The summed E-state index contributed by atoms with van der Waals surface area (Å²) in [6, 6.07) is 0. The van der Waals surface area contributed by atoms with E-state index in [9.17, 15) is 13.2 Å². The van der Waals surface area contributed by atoms with E-state index in [4.69, 9.17) is 9.81 Å². The van der Waals surface area contributed by atoms with E-state index in [0.29, 0.717) is 0 Å². The topological polar surface area (TPSA) is 101 Å². The minimum Gasteiger partial charge on any atom is -0.300 e. The fourth-order valence-corrected chi connectivity index (χ4v) is 0.526. The molecule has 2 N–H and O–H groups in total. The zero-order valence-electron chi connectivity index (χ0n) is 4.14. The summed E-state index contributed by atoms with van der Waals surface area (Å²) in [6.07, 6.45) is 0. The maximum atomic E-state index is 9.82. The van der Waals surface area contributed by atoms with Crippen molar-refractivity contribution in [3.05, 3.63) is 0 Å². The van der Waals surface area contributed by atoms with Crippen molar-refractivity contribution in [3.8, 4) is 0 Å². The summed E-state index contributed by atoms with van der Waals surface area (Å²) < 4.78 is 27.4. The lowest BCUT2D eigenvalue weighted by Gasteiger charge is -1.90. The summed E-state index contributed by atoms with van der Waals surface area (Å²) >= 11 is 0. The summed E-state index contributed by atoms with van der Waals surface area (Å²) in [5, 5.41) is 7.47. The molecule has 6 nitrogen and oxygen atoms in total. The van der Waals surface area contributed by atoms with E-state index >= 15 is 0 Å². The lowest BCUT2D eigenvalue weighted by molar-refractivity contribution is -0.231. The highest BCUT2D eigenvalue weighted by molar-refractivity contribution is 7.86. The first-order valence-electron chi connectivity index (χ1n) is 1.75. The lowest BCUT2D eigenvalue weighted by atomic mass is 10.8. The highest BCUT2D eigenvalue weighted by Crippen LogP contribution is 1.82. The molecule has 0 amide bonds. The van der Waals surface area contributed by atoms with Crippen molar-refractivity contribution in [2.24, 2.45) is 0 Å². The van der Waals surface area contributed by atoms with Gasteiger partial charge in [0.1, 0.15) is 0 Å². The van der Waals surface area contributed by atoms with E-state index in [2.05, 4.69) is 4.89 Å². The number of carbonyl (C=O) groups excluding carboxylic acids is 1. The molecule has 0 aliphatic rings. The van der Waals surface area contributed by atoms with Crippen molar-refractivity contribution < 1.29 is 27.9 Å². The van der Waals surface area contributed by atoms with Crippen LogP contribution in [0.5, 0.6) is 0 Å². The quantitative estimate of drug-likeness (QED) is 0.298. The molecule has 9 heavy (non-hydrogen) atoms. The van der Waals surface area contributed by atoms with Crippen molar-refractivity contribution in [2.75, 3.05) is 5.75 Å². The van der Waals surface area contributed by atoms with E-state index in [1.54, 1.807) is 0 Å². The molecule has 0 spiro atoms. The summed E-state index contributed by atoms with van der Waals surface area (Å²) in [5.74, 6) is -2.65. The van der Waals surface area contributed by atoms with Crippen LogP contribution in [0.25, 0.3) is 0 Å². The first kappa shape index (κ1) is 8.34. The van der Waals surface area contributed by atoms with Crippen LogP contribution in [0.3, 0.4) is 0 Å². The predicted octanol–water partition coefficient (Wildman–Crippen LogP) is -1.11. The molecule has 0 heterocycles. The fraction of sp³-hybridized carbons (Fsp3) is 0.500. The van der Waals surface area contributed by atoms with E-state index in [1.807, 2.05) is 0 Å². The molecule has 0 unspecified atom stereocenters. The van der Waals surface area contributed by atoms with Crippen LogP contribution in [0.4, 0.5) is 0 Å². The van der Waals surface area contributed by atoms with Crippen LogP contribution in [0.2, 0.25) is 0 Å². The summed E-state index contributed by atoms with van der Waals surface area (Å²) in [5.41, 5.74) is 0. The Bertz CT molecular complexity index is 189. The van der Waals surface area contributed by atoms with Gasteiger partial charge in [-0.05, 0) is 0 Å². The molecule has 0 radical (unpaired) electrons. The monoisotopic (exact) mass is 156 g/mol. The van der Waals surface area contributed by atoms with Crippen LogP contribution in [-0.2, 0) is 19.8 Å². The third-order valence-electron chi connectivity index (χ3n) is 0.402. The van der Waals surface area contributed by atoms with Crippen molar-refractivity contribution in [1.29, 1.82) is 0 Å². The lowest BCUT2D eigenvalue weighted by Crippen LogP contribution is -2.15. The van der Waals surface area contributed by atoms with Gasteiger partial charge in [0.2, 0.25) is 0 Å². The van der Waals surface area contributed by atoms with Crippen molar-refractivity contribution in [1.82, 2.24) is 0 Å². The molecule has 0 rings (SSSR count). The Morgan fingerprint density at radius 2 is 2.00 bits per heavy atom. The molecule has 7 heteroatoms. The van der Waals surface area contributed by atoms with Crippen LogP contribution in [0.1, 0.15) is 0 Å². The number of carbonyl (C=O) groups is 1. The summed E-state index contributed by atoms with van der Waals surface area (Å²) in [4.78, 5) is 12.8. The number of hydrogen-bond acceptors (Lipinski definition) is 5. The third kappa shape index (κ3) is 5.21. The van der Waals surface area contributed by atoms with E-state index < -0.39 is 21.8 Å². The molecule has 0 saturated carbocycles. The largest absolute Gasteiger partial charge is 0.359 e. The molecular weight excluding hydrogens is 152 g/mol. The van der Waals surface area contributed by atoms with Crippen LogP contribution >= 0.6 is 0 Å². The number of rotatable bonds is 2. The molecule has 0 aromatic rings. The minimum absolute atomic E-state index is 1.23. The van der Waals surface area contributed by atoms with Gasteiger partial charge in [0.25, 0.3) is 10.1 Å². The minimum atomic E-state index is -4.37. The maximum absolute atomic E-state index is 9.82. The smallest absolute Gasteiger partial charge is 0.300 e. The van der Waals surface area contributed by atoms with Crippen molar-refractivity contribution >= 4 is 16.1 Å². The Hall–Kier alpha value is -0.660. The molecule has 0 aromatic carbocycles. The summed E-state index contributed by atoms with van der Waals surface area (Å²) in [7, 11) is -4.37. The normalized spacial score (nSPS) is 10.9. The molecule has 0 saturated heterocycles. The van der Waals surface area contributed by atoms with Crippen molar-refractivity contribution in [2.45, 2.75) is 0 Å². The average molecular weight is 156 g/mol. The molecule has 54 valence electrons. The van der Waals surface area contributed by atoms with Gasteiger partial charge >= 0.3 is 5.97 Å². The predicted molar refractivity (Wildman–Crippen MR) is 25.1 cm³/mol. The average Bonchev–Trinajstić information content (AvgIpc) is 1.62. The molecule has 0 aliphatic carbocycles. The zero-order chi connectivity index (χ0) is 7.49. The first-order chi connectivity index (χ1) is 3.95. The van der Waals surface area contributed by atoms with E-state index in [-0.39, 0.29) is 0 Å². The molecular formula is C2H4O6S. The zero-order valence-corrected chi connectivity index (χ0v) is 4.96. The Kier molecular flexibility index (Phi) is 2.56. The van der Waals surface area contributed by atoms with Crippen LogP contribution < -0.4 is 0 Å². The molecule has 0 aromatic heterocycles. The Labute approximate surface area is 50.7 Å². The van der Waals surface area contributed by atoms with Gasteiger partial charge in [-0.2, -0.15) is 13.7 Å². The first-order valence-corrected chi connectivity index (χ1v) is 3.36. The van der Waals surface area contributed by atoms with E-state index in [0.717, 1.165) is 0 Å². The van der Waals surface area contributed by atoms with E-state index in [1.165, 1.54) is 0 Å². The van der Waals surface area contributed by atoms with Crippen LogP contribution in [0, 0.1) is 0 Å². The van der Waals surface area contributed by atoms with Crippen molar-refractivity contribution in [3.63, 3.8) is 0 Å². The second-order valence-electron chi connectivity index (χ2n) is 1.19. The van der Waals surface area contributed by atoms with Gasteiger partial charge in [0.15, 0.2) is 5.75 Å². The van der Waals surface area contributed by atoms with Gasteiger partial charge < -0.3 is 0 Å². The molecule has 0 fully saturated rings. The highest BCUT2D eigenvalue weighted by Gasteiger charge is 2.13. The van der Waals surface area contributed by atoms with Gasteiger partial charge in [0, 0.05) is 0 Å². The second-order valence-corrected chi connectivity index (χ2v) is 2.64. The standard InChI is InChI=1S/C2H4O6S/c3-2(8-4)1-9(5,6)7/h4H,1H2,(H,5,6,7). The third-order valence-corrected chi connectivity index (χ3v) is 1.00. The molecule has 0 atom stereocenters. The van der Waals surface area contributed by atoms with Gasteiger partial charge in [0.05, 0.1) is 0 Å². The fourth-order valence-electron chi connectivity index (χ4n) is 0.175. The number of hydrogen-bond donors (Lipinski definition) is 2. The SMILES string of the molecule is O=C(CS(=O)(=O)O)OO. The second kappa shape index (κ2) is 2.76. The Morgan fingerprint density at radius 3 is 2.11 bits per heavy atom. The Balaban J connectivity index is 3.91. The van der Waals surface area contributed by atoms with Crippen LogP contribution in [0.15, 0.2) is 0 Å². The van der Waals surface area contributed by atoms with Gasteiger partial charge in [-0.15, -0.1) is 0 Å². The molecule has 0 aliphatic heterocycles. The molecule has 0 bridgehead atoms. The summed E-state index contributed by atoms with van der Waals surface area (Å²) in [6.45, 7) is 0. The maximum Gasteiger partial charge on any atom is 0.359 e. The highest BCUT2D eigenvalue weighted by atomic mass is 32.2. The van der Waals surface area contributed by atoms with Crippen LogP contribution in [-0.4, -0.2) is 29.9 Å².